The van der Waals surface area contributed by atoms with Crippen LogP contribution in [-0.4, -0.2) is 19.8 Å². The van der Waals surface area contributed by atoms with Crippen molar-refractivity contribution in [2.45, 2.75) is 45.4 Å². The van der Waals surface area contributed by atoms with Gasteiger partial charge in [0.05, 0.1) is 0 Å². The molecular formula is C22H33N3OS. The van der Waals surface area contributed by atoms with E-state index in [-0.39, 0.29) is 0 Å². The Hall–Kier alpha value is -2.11. The Morgan fingerprint density at radius 3 is 1.89 bits per heavy atom. The largest absolute Gasteiger partial charge is 0.340 e. The second-order valence-corrected chi connectivity index (χ2v) is 6.72. The number of nitrogens with zero attached hydrogens (tertiary/aromatic N) is 1. The van der Waals surface area contributed by atoms with Crippen molar-refractivity contribution in [3.8, 4) is 0 Å². The summed E-state index contributed by atoms with van der Waals surface area (Å²) in [4.78, 5) is 11.9. The van der Waals surface area contributed by atoms with Gasteiger partial charge in [-0.3, -0.25) is 5.14 Å². The molecule has 4 nitrogen and oxygen atoms in total. The molecule has 0 fully saturated rings. The van der Waals surface area contributed by atoms with E-state index >= 15 is 0 Å². The first kappa shape index (κ1) is 24.9. The summed E-state index contributed by atoms with van der Waals surface area (Å²) < 4.78 is 0. The first-order chi connectivity index (χ1) is 13.0. The molecule has 0 atom stereocenters. The van der Waals surface area contributed by atoms with Gasteiger partial charge in [-0.05, 0) is 80.7 Å². The second kappa shape index (κ2) is 14.0. The number of rotatable bonds is 4. The van der Waals surface area contributed by atoms with E-state index in [1.807, 2.05) is 20.0 Å². The molecule has 3 N–H and O–H groups in total. The van der Waals surface area contributed by atoms with Gasteiger partial charge in [0, 0.05) is 5.69 Å². The fourth-order valence-electron chi connectivity index (χ4n) is 3.15. The van der Waals surface area contributed by atoms with Crippen LogP contribution in [0.3, 0.4) is 0 Å². The summed E-state index contributed by atoms with van der Waals surface area (Å²) in [5.41, 5.74) is 8.37. The minimum Gasteiger partial charge on any atom is -0.340 e. The lowest BCUT2D eigenvalue weighted by molar-refractivity contribution is -0.0979. The fraction of sp³-hybridized carbons (Fsp3) is 0.364. The third-order valence-corrected chi connectivity index (χ3v) is 4.28. The summed E-state index contributed by atoms with van der Waals surface area (Å²) in [7, 11) is 0. The third kappa shape index (κ3) is 7.97. The highest BCUT2D eigenvalue weighted by Gasteiger charge is 2.23. The number of allylic oxidation sites excluding steroid dienone is 2. The van der Waals surface area contributed by atoms with Crippen molar-refractivity contribution in [1.82, 2.24) is 0 Å². The second-order valence-electron chi connectivity index (χ2n) is 6.25. The van der Waals surface area contributed by atoms with Crippen molar-refractivity contribution in [2.24, 2.45) is 10.1 Å². The number of hydrogen-bond acceptors (Lipinski definition) is 5. The standard InChI is InChI=1S/C15H18N2.C5H8.CH5NS.CH2O/c1-10(16-2)17-15-13-7-3-5-11(13)9-12-6-4-8-14(12)15;1-4-5(2)3;1-3-2;1-2/h9,17H,1-8H2;4H,1-2H2,3H3;2H2,1H3;1H2. The molecule has 0 bridgehead atoms. The first-order valence-electron chi connectivity index (χ1n) is 8.87. The maximum atomic E-state index is 8.00. The van der Waals surface area contributed by atoms with E-state index < -0.39 is 0 Å². The normalized spacial score (nSPS) is 12.4. The molecule has 0 saturated carbocycles. The first-order valence-corrected chi connectivity index (χ1v) is 10.2. The SMILES string of the molecule is C=CC(=C)C.C=NC(=C)Nc1c2c(cc3c1CCC3)CCC2.C=O.CSN. The molecule has 1 aromatic rings. The summed E-state index contributed by atoms with van der Waals surface area (Å²) in [5.74, 6) is 0.666. The van der Waals surface area contributed by atoms with Crippen molar-refractivity contribution in [3.05, 3.63) is 65.5 Å². The van der Waals surface area contributed by atoms with Crippen LogP contribution in [0.4, 0.5) is 5.69 Å². The zero-order valence-corrected chi connectivity index (χ0v) is 17.6. The van der Waals surface area contributed by atoms with E-state index in [2.05, 4.69) is 42.8 Å². The van der Waals surface area contributed by atoms with E-state index in [4.69, 9.17) is 9.93 Å². The molecule has 0 spiro atoms. The average Bonchev–Trinajstić information content (AvgIpc) is 3.33. The lowest BCUT2D eigenvalue weighted by Crippen LogP contribution is -2.04. The predicted molar refractivity (Wildman–Crippen MR) is 123 cm³/mol. The van der Waals surface area contributed by atoms with Crippen molar-refractivity contribution in [3.63, 3.8) is 0 Å². The summed E-state index contributed by atoms with van der Waals surface area (Å²) in [6.07, 6.45) is 10.9. The molecule has 5 heteroatoms. The highest BCUT2D eigenvalue weighted by Crippen LogP contribution is 2.39. The van der Waals surface area contributed by atoms with Gasteiger partial charge < -0.3 is 10.1 Å². The quantitative estimate of drug-likeness (QED) is 0.432. The molecule has 3 rings (SSSR count). The molecule has 0 radical (unpaired) electrons. The molecule has 27 heavy (non-hydrogen) atoms. The van der Waals surface area contributed by atoms with Crippen LogP contribution in [0.15, 0.2) is 48.3 Å². The van der Waals surface area contributed by atoms with Crippen LogP contribution in [0.5, 0.6) is 0 Å². The zero-order chi connectivity index (χ0) is 20.8. The van der Waals surface area contributed by atoms with Crippen LogP contribution < -0.4 is 10.5 Å². The van der Waals surface area contributed by atoms with Gasteiger partial charge in [0.1, 0.15) is 12.6 Å². The van der Waals surface area contributed by atoms with E-state index in [0.717, 1.165) is 5.57 Å². The number of benzene rings is 1. The molecule has 148 valence electrons. The number of aliphatic imine (C=N–C) groups is 1. The highest BCUT2D eigenvalue weighted by molar-refractivity contribution is 7.96. The van der Waals surface area contributed by atoms with Crippen LogP contribution in [0, 0.1) is 0 Å². The molecular weight excluding hydrogens is 354 g/mol. The summed E-state index contributed by atoms with van der Waals surface area (Å²) in [5, 5.41) is 8.13. The van der Waals surface area contributed by atoms with Gasteiger partial charge in [-0.2, -0.15) is 0 Å². The topological polar surface area (TPSA) is 67.5 Å². The van der Waals surface area contributed by atoms with Gasteiger partial charge in [-0.15, -0.1) is 0 Å². The Labute approximate surface area is 168 Å². The lowest BCUT2D eigenvalue weighted by Gasteiger charge is -2.16. The molecule has 0 amide bonds. The smallest absolute Gasteiger partial charge is 0.122 e. The Morgan fingerprint density at radius 2 is 1.56 bits per heavy atom. The maximum absolute atomic E-state index is 8.00. The van der Waals surface area contributed by atoms with Crippen LogP contribution in [0.2, 0.25) is 0 Å². The number of fused-ring (bicyclic) bond motifs is 2. The summed E-state index contributed by atoms with van der Waals surface area (Å²) in [6.45, 7) is 18.3. The van der Waals surface area contributed by atoms with Crippen molar-refractivity contribution < 1.29 is 4.79 Å². The number of anilines is 1. The van der Waals surface area contributed by atoms with E-state index in [9.17, 15) is 0 Å². The van der Waals surface area contributed by atoms with Crippen LogP contribution in [0.1, 0.15) is 42.0 Å². The monoisotopic (exact) mass is 387 g/mol. The van der Waals surface area contributed by atoms with Gasteiger partial charge in [-0.25, -0.2) is 4.99 Å². The zero-order valence-electron chi connectivity index (χ0n) is 16.8. The fourth-order valence-corrected chi connectivity index (χ4v) is 3.15. The number of hydrogen-bond donors (Lipinski definition) is 2. The van der Waals surface area contributed by atoms with Crippen LogP contribution in [0.25, 0.3) is 0 Å². The summed E-state index contributed by atoms with van der Waals surface area (Å²) >= 11 is 1.25. The van der Waals surface area contributed by atoms with Crippen LogP contribution in [-0.2, 0) is 30.5 Å². The number of carbonyl (C=O) groups is 1. The van der Waals surface area contributed by atoms with Gasteiger partial charge in [0.25, 0.3) is 0 Å². The van der Waals surface area contributed by atoms with E-state index in [1.54, 1.807) is 6.08 Å². The molecule has 1 aromatic carbocycles. The van der Waals surface area contributed by atoms with Crippen molar-refractivity contribution >= 4 is 31.1 Å². The number of aryl methyl sites for hydroxylation is 2. The molecule has 2 aliphatic carbocycles. The maximum Gasteiger partial charge on any atom is 0.122 e. The predicted octanol–water partition coefficient (Wildman–Crippen LogP) is 5.03. The molecule has 2 aliphatic rings. The number of nitrogens with one attached hydrogen (secondary N) is 1. The minimum atomic E-state index is 0.666. The van der Waals surface area contributed by atoms with Gasteiger partial charge >= 0.3 is 0 Å². The van der Waals surface area contributed by atoms with Gasteiger partial charge in [-0.1, -0.05) is 49.4 Å². The molecule has 0 heterocycles. The number of carbonyl (C=O) groups excluding carboxylic acids is 1. The Balaban J connectivity index is 0.000000573. The van der Waals surface area contributed by atoms with E-state index in [1.165, 1.54) is 78.4 Å². The third-order valence-electron chi connectivity index (χ3n) is 4.28. The van der Waals surface area contributed by atoms with E-state index in [0.29, 0.717) is 5.82 Å². The highest BCUT2D eigenvalue weighted by atomic mass is 32.2. The van der Waals surface area contributed by atoms with Gasteiger partial charge in [0.2, 0.25) is 0 Å². The Morgan fingerprint density at radius 1 is 1.15 bits per heavy atom. The molecule has 0 aliphatic heterocycles. The average molecular weight is 388 g/mol. The van der Waals surface area contributed by atoms with Crippen molar-refractivity contribution in [1.29, 1.82) is 0 Å². The minimum absolute atomic E-state index is 0.666. The number of nitrogens with two attached hydrogens (primary N) is 1. The Bertz CT molecular complexity index is 636. The van der Waals surface area contributed by atoms with Gasteiger partial charge in [0.15, 0.2) is 0 Å². The lowest BCUT2D eigenvalue weighted by atomic mass is 9.99. The molecule has 0 saturated heterocycles. The Kier molecular flexibility index (Phi) is 12.9. The summed E-state index contributed by atoms with van der Waals surface area (Å²) in [6, 6.07) is 2.43. The molecule has 0 unspecified atom stereocenters. The van der Waals surface area contributed by atoms with Crippen molar-refractivity contribution in [2.75, 3.05) is 11.6 Å². The molecule has 0 aromatic heterocycles. The van der Waals surface area contributed by atoms with Crippen LogP contribution >= 0.6 is 11.9 Å².